The topological polar surface area (TPSA) is 46.3 Å². The molecule has 116 valence electrons. The monoisotopic (exact) mass is 288 g/mol. The summed E-state index contributed by atoms with van der Waals surface area (Å²) in [4.78, 5) is 14.3. The number of piperidine rings is 1. The molecule has 1 saturated heterocycles. The number of carbonyl (C=O) groups is 1. The highest BCUT2D eigenvalue weighted by Crippen LogP contribution is 2.25. The van der Waals surface area contributed by atoms with Gasteiger partial charge in [-0.05, 0) is 42.7 Å². The molecule has 0 aliphatic carbocycles. The van der Waals surface area contributed by atoms with Crippen molar-refractivity contribution in [3.63, 3.8) is 0 Å². The van der Waals surface area contributed by atoms with Gasteiger partial charge in [-0.15, -0.1) is 0 Å². The van der Waals surface area contributed by atoms with Gasteiger partial charge in [0.25, 0.3) is 0 Å². The standard InChI is InChI=1S/C18H28N2O/c1-18(2,14-19)13-17(21)20-10-8-16(9-11-20)12-15-6-4-3-5-7-15/h3-7,16H,8-14,19H2,1-2H3. The summed E-state index contributed by atoms with van der Waals surface area (Å²) in [6, 6.07) is 10.7. The van der Waals surface area contributed by atoms with Gasteiger partial charge in [0.15, 0.2) is 0 Å². The van der Waals surface area contributed by atoms with E-state index in [9.17, 15) is 4.79 Å². The maximum atomic E-state index is 12.3. The molecule has 0 saturated carbocycles. The van der Waals surface area contributed by atoms with Crippen molar-refractivity contribution in [1.82, 2.24) is 4.90 Å². The highest BCUT2D eigenvalue weighted by Gasteiger charge is 2.27. The van der Waals surface area contributed by atoms with Gasteiger partial charge in [0.1, 0.15) is 0 Å². The van der Waals surface area contributed by atoms with Gasteiger partial charge in [0.2, 0.25) is 5.91 Å². The first kappa shape index (κ1) is 16.0. The molecule has 1 aromatic rings. The predicted octanol–water partition coefficient (Wildman–Crippen LogP) is 2.84. The highest BCUT2D eigenvalue weighted by atomic mass is 16.2. The first-order chi connectivity index (χ1) is 10.00. The molecule has 1 heterocycles. The number of likely N-dealkylation sites (tertiary alicyclic amines) is 1. The SMILES string of the molecule is CC(C)(CN)CC(=O)N1CCC(Cc2ccccc2)CC1. The average molecular weight is 288 g/mol. The van der Waals surface area contributed by atoms with Crippen molar-refractivity contribution in [1.29, 1.82) is 0 Å². The summed E-state index contributed by atoms with van der Waals surface area (Å²) in [6.45, 7) is 6.48. The number of carbonyl (C=O) groups excluding carboxylic acids is 1. The third kappa shape index (κ3) is 4.85. The minimum absolute atomic E-state index is 0.0853. The molecule has 1 aliphatic heterocycles. The fourth-order valence-electron chi connectivity index (χ4n) is 2.93. The molecule has 21 heavy (non-hydrogen) atoms. The normalized spacial score (nSPS) is 17.0. The number of rotatable bonds is 5. The smallest absolute Gasteiger partial charge is 0.223 e. The van der Waals surface area contributed by atoms with Crippen LogP contribution < -0.4 is 5.73 Å². The largest absolute Gasteiger partial charge is 0.343 e. The molecule has 3 nitrogen and oxygen atoms in total. The van der Waals surface area contributed by atoms with E-state index < -0.39 is 0 Å². The fraction of sp³-hybridized carbons (Fsp3) is 0.611. The Morgan fingerprint density at radius 2 is 1.86 bits per heavy atom. The molecule has 2 N–H and O–H groups in total. The first-order valence-corrected chi connectivity index (χ1v) is 8.02. The average Bonchev–Trinajstić information content (AvgIpc) is 2.48. The summed E-state index contributed by atoms with van der Waals surface area (Å²) in [5, 5.41) is 0. The molecule has 0 radical (unpaired) electrons. The summed E-state index contributed by atoms with van der Waals surface area (Å²) in [5.41, 5.74) is 7.04. The second-order valence-corrected chi connectivity index (χ2v) is 7.06. The molecular weight excluding hydrogens is 260 g/mol. The Hall–Kier alpha value is -1.35. The lowest BCUT2D eigenvalue weighted by atomic mass is 9.87. The number of nitrogens with two attached hydrogens (primary N) is 1. The van der Waals surface area contributed by atoms with E-state index in [1.807, 2.05) is 4.90 Å². The second-order valence-electron chi connectivity index (χ2n) is 7.06. The van der Waals surface area contributed by atoms with Gasteiger partial charge in [-0.25, -0.2) is 0 Å². The van der Waals surface area contributed by atoms with Gasteiger partial charge < -0.3 is 10.6 Å². The molecule has 0 unspecified atom stereocenters. The number of benzene rings is 1. The Morgan fingerprint density at radius 3 is 2.43 bits per heavy atom. The highest BCUT2D eigenvalue weighted by molar-refractivity contribution is 5.77. The predicted molar refractivity (Wildman–Crippen MR) is 86.9 cm³/mol. The molecular formula is C18H28N2O. The Kier molecular flexibility index (Phi) is 5.40. The van der Waals surface area contributed by atoms with Crippen LogP contribution in [0.5, 0.6) is 0 Å². The maximum Gasteiger partial charge on any atom is 0.223 e. The third-order valence-corrected chi connectivity index (χ3v) is 4.52. The van der Waals surface area contributed by atoms with Gasteiger partial charge in [-0.3, -0.25) is 4.79 Å². The van der Waals surface area contributed by atoms with Gasteiger partial charge >= 0.3 is 0 Å². The van der Waals surface area contributed by atoms with Crippen LogP contribution >= 0.6 is 0 Å². The van der Waals surface area contributed by atoms with E-state index >= 15 is 0 Å². The van der Waals surface area contributed by atoms with Crippen molar-refractivity contribution in [3.05, 3.63) is 35.9 Å². The van der Waals surface area contributed by atoms with E-state index in [4.69, 9.17) is 5.73 Å². The Balaban J connectivity index is 1.79. The second kappa shape index (κ2) is 7.08. The van der Waals surface area contributed by atoms with E-state index in [1.54, 1.807) is 0 Å². The zero-order valence-corrected chi connectivity index (χ0v) is 13.3. The van der Waals surface area contributed by atoms with E-state index in [0.717, 1.165) is 32.4 Å². The van der Waals surface area contributed by atoms with Crippen LogP contribution in [0.25, 0.3) is 0 Å². The molecule has 2 rings (SSSR count). The number of hydrogen-bond acceptors (Lipinski definition) is 2. The van der Waals surface area contributed by atoms with Crippen LogP contribution in [0.4, 0.5) is 0 Å². The number of nitrogens with zero attached hydrogens (tertiary/aromatic N) is 1. The molecule has 1 fully saturated rings. The molecule has 1 aromatic carbocycles. The van der Waals surface area contributed by atoms with Crippen molar-refractivity contribution in [2.24, 2.45) is 17.1 Å². The van der Waals surface area contributed by atoms with Gasteiger partial charge in [0.05, 0.1) is 0 Å². The number of amides is 1. The van der Waals surface area contributed by atoms with Crippen molar-refractivity contribution >= 4 is 5.91 Å². The minimum Gasteiger partial charge on any atom is -0.343 e. The Morgan fingerprint density at radius 1 is 1.24 bits per heavy atom. The van der Waals surface area contributed by atoms with Crippen molar-refractivity contribution in [3.8, 4) is 0 Å². The molecule has 0 bridgehead atoms. The lowest BCUT2D eigenvalue weighted by Gasteiger charge is -2.34. The van der Waals surface area contributed by atoms with Crippen LogP contribution in [-0.2, 0) is 11.2 Å². The molecule has 0 aromatic heterocycles. The fourth-order valence-corrected chi connectivity index (χ4v) is 2.93. The Labute approximate surface area is 128 Å². The van der Waals surface area contributed by atoms with Gasteiger partial charge in [-0.1, -0.05) is 44.2 Å². The minimum atomic E-state index is -0.0853. The summed E-state index contributed by atoms with van der Waals surface area (Å²) in [5.74, 6) is 0.975. The van der Waals surface area contributed by atoms with Crippen LogP contribution in [0.2, 0.25) is 0 Å². The van der Waals surface area contributed by atoms with Crippen LogP contribution in [0.15, 0.2) is 30.3 Å². The lowest BCUT2D eigenvalue weighted by Crippen LogP contribution is -2.41. The summed E-state index contributed by atoms with van der Waals surface area (Å²) < 4.78 is 0. The van der Waals surface area contributed by atoms with E-state index in [1.165, 1.54) is 5.56 Å². The van der Waals surface area contributed by atoms with E-state index in [0.29, 0.717) is 18.9 Å². The van der Waals surface area contributed by atoms with Gasteiger partial charge in [-0.2, -0.15) is 0 Å². The molecule has 3 heteroatoms. The number of hydrogen-bond donors (Lipinski definition) is 1. The zero-order chi connectivity index (χ0) is 15.3. The molecule has 0 atom stereocenters. The maximum absolute atomic E-state index is 12.3. The molecule has 1 aliphatic rings. The van der Waals surface area contributed by atoms with Crippen molar-refractivity contribution < 1.29 is 4.79 Å². The Bertz CT molecular complexity index is 448. The summed E-state index contributed by atoms with van der Waals surface area (Å²) in [6.07, 6.45) is 3.93. The first-order valence-electron chi connectivity index (χ1n) is 8.02. The summed E-state index contributed by atoms with van der Waals surface area (Å²) in [7, 11) is 0. The summed E-state index contributed by atoms with van der Waals surface area (Å²) >= 11 is 0. The van der Waals surface area contributed by atoms with E-state index in [-0.39, 0.29) is 11.3 Å². The molecule has 1 amide bonds. The zero-order valence-electron chi connectivity index (χ0n) is 13.3. The quantitative estimate of drug-likeness (QED) is 0.905. The van der Waals surface area contributed by atoms with Crippen molar-refractivity contribution in [2.45, 2.75) is 39.5 Å². The molecule has 0 spiro atoms. The van der Waals surface area contributed by atoms with Gasteiger partial charge in [0, 0.05) is 19.5 Å². The van der Waals surface area contributed by atoms with Crippen LogP contribution in [0, 0.1) is 11.3 Å². The van der Waals surface area contributed by atoms with Crippen LogP contribution in [0.3, 0.4) is 0 Å². The lowest BCUT2D eigenvalue weighted by molar-refractivity contribution is -0.134. The van der Waals surface area contributed by atoms with Crippen molar-refractivity contribution in [2.75, 3.05) is 19.6 Å². The van der Waals surface area contributed by atoms with Crippen LogP contribution in [0.1, 0.15) is 38.7 Å². The third-order valence-electron chi connectivity index (χ3n) is 4.52. The van der Waals surface area contributed by atoms with Crippen LogP contribution in [-0.4, -0.2) is 30.4 Å². The van der Waals surface area contributed by atoms with E-state index in [2.05, 4.69) is 44.2 Å².